The van der Waals surface area contributed by atoms with Gasteiger partial charge in [-0.05, 0) is 32.4 Å². The lowest BCUT2D eigenvalue weighted by atomic mass is 10.2. The first-order valence-electron chi connectivity index (χ1n) is 6.79. The van der Waals surface area contributed by atoms with Gasteiger partial charge in [0.2, 0.25) is 0 Å². The Morgan fingerprint density at radius 2 is 2.00 bits per heavy atom. The molecule has 0 amide bonds. The Hall–Kier alpha value is -2.42. The van der Waals surface area contributed by atoms with Gasteiger partial charge in [-0.25, -0.2) is 14.2 Å². The number of aromatic nitrogens is 3. The van der Waals surface area contributed by atoms with Crippen LogP contribution in [0.3, 0.4) is 0 Å². The van der Waals surface area contributed by atoms with E-state index in [1.807, 2.05) is 0 Å². The Labute approximate surface area is 140 Å². The highest BCUT2D eigenvalue weighted by molar-refractivity contribution is 6.32. The molecule has 0 aliphatic carbocycles. The molecule has 130 valence electrons. The van der Waals surface area contributed by atoms with Crippen molar-refractivity contribution in [3.05, 3.63) is 39.0 Å². The maximum absolute atomic E-state index is 12.9. The summed E-state index contributed by atoms with van der Waals surface area (Å²) in [6, 6.07) is 2.73. The van der Waals surface area contributed by atoms with Crippen molar-refractivity contribution in [1.82, 2.24) is 14.3 Å². The first-order chi connectivity index (χ1) is 11.1. The first-order valence-corrected chi connectivity index (χ1v) is 7.17. The summed E-state index contributed by atoms with van der Waals surface area (Å²) in [6.45, 7) is 1.18. The molecule has 0 bridgehead atoms. The maximum atomic E-state index is 12.9. The predicted molar refractivity (Wildman–Crippen MR) is 81.3 cm³/mol. The van der Waals surface area contributed by atoms with Gasteiger partial charge in [0.05, 0.1) is 10.7 Å². The number of carboxylic acid groups (broad SMARTS) is 1. The summed E-state index contributed by atoms with van der Waals surface area (Å²) >= 11 is 6.08. The minimum absolute atomic E-state index is 0.0161. The van der Waals surface area contributed by atoms with Crippen molar-refractivity contribution in [2.75, 3.05) is 0 Å². The van der Waals surface area contributed by atoms with E-state index in [1.165, 1.54) is 26.0 Å². The summed E-state index contributed by atoms with van der Waals surface area (Å²) in [5, 5.41) is 12.8. The average Bonchev–Trinajstić information content (AvgIpc) is 2.76. The third-order valence-corrected chi connectivity index (χ3v) is 3.60. The van der Waals surface area contributed by atoms with Gasteiger partial charge in [0.15, 0.2) is 6.10 Å². The van der Waals surface area contributed by atoms with Crippen LogP contribution in [0.25, 0.3) is 5.69 Å². The van der Waals surface area contributed by atoms with Crippen molar-refractivity contribution >= 4 is 17.6 Å². The lowest BCUT2D eigenvalue weighted by molar-refractivity contribution is -0.144. The SMILES string of the molecule is Cc1cc(Cl)c(-n2nc(C)n(C(F)F)c2=O)cc1OC(C)C(=O)O. The van der Waals surface area contributed by atoms with Crippen molar-refractivity contribution < 1.29 is 23.4 Å². The molecule has 1 unspecified atom stereocenters. The smallest absolute Gasteiger partial charge is 0.355 e. The van der Waals surface area contributed by atoms with E-state index in [1.54, 1.807) is 6.92 Å². The molecule has 1 heterocycles. The van der Waals surface area contributed by atoms with Gasteiger partial charge in [-0.3, -0.25) is 0 Å². The molecule has 7 nitrogen and oxygen atoms in total. The molecule has 1 aromatic heterocycles. The fourth-order valence-electron chi connectivity index (χ4n) is 2.03. The molecule has 0 spiro atoms. The summed E-state index contributed by atoms with van der Waals surface area (Å²) in [7, 11) is 0. The van der Waals surface area contributed by atoms with Gasteiger partial charge in [-0.15, -0.1) is 5.10 Å². The van der Waals surface area contributed by atoms with Crippen molar-refractivity contribution in [3.63, 3.8) is 0 Å². The van der Waals surface area contributed by atoms with E-state index in [9.17, 15) is 18.4 Å². The van der Waals surface area contributed by atoms with Gasteiger partial charge in [-0.2, -0.15) is 13.5 Å². The average molecular weight is 362 g/mol. The Morgan fingerprint density at radius 1 is 1.38 bits per heavy atom. The molecule has 0 radical (unpaired) electrons. The van der Waals surface area contributed by atoms with E-state index in [-0.39, 0.29) is 26.9 Å². The molecule has 24 heavy (non-hydrogen) atoms. The van der Waals surface area contributed by atoms with Crippen LogP contribution >= 0.6 is 11.6 Å². The lowest BCUT2D eigenvalue weighted by Gasteiger charge is -2.14. The number of nitrogens with zero attached hydrogens (tertiary/aromatic N) is 3. The van der Waals surface area contributed by atoms with Gasteiger partial charge in [0.1, 0.15) is 11.6 Å². The van der Waals surface area contributed by atoms with Gasteiger partial charge >= 0.3 is 18.2 Å². The highest BCUT2D eigenvalue weighted by Gasteiger charge is 2.21. The molecule has 1 aromatic carbocycles. The van der Waals surface area contributed by atoms with E-state index in [0.29, 0.717) is 5.56 Å². The quantitative estimate of drug-likeness (QED) is 0.884. The second-order valence-electron chi connectivity index (χ2n) is 5.06. The zero-order valence-corrected chi connectivity index (χ0v) is 13.7. The van der Waals surface area contributed by atoms with E-state index < -0.39 is 24.3 Å². The number of ether oxygens (including phenoxy) is 1. The number of halogens is 3. The van der Waals surface area contributed by atoms with Gasteiger partial charge in [0, 0.05) is 6.07 Å². The zero-order chi connectivity index (χ0) is 18.2. The van der Waals surface area contributed by atoms with Crippen molar-refractivity contribution in [2.24, 2.45) is 0 Å². The molecule has 1 N–H and O–H groups in total. The van der Waals surface area contributed by atoms with Crippen LogP contribution in [0.15, 0.2) is 16.9 Å². The Balaban J connectivity index is 2.58. The summed E-state index contributed by atoms with van der Waals surface area (Å²) < 4.78 is 32.1. The van der Waals surface area contributed by atoms with E-state index >= 15 is 0 Å². The van der Waals surface area contributed by atoms with Crippen LogP contribution in [0.1, 0.15) is 24.9 Å². The van der Waals surface area contributed by atoms with Crippen LogP contribution in [0.4, 0.5) is 8.78 Å². The number of aryl methyl sites for hydroxylation is 2. The number of benzene rings is 1. The molecule has 0 saturated carbocycles. The number of hydrogen-bond donors (Lipinski definition) is 1. The van der Waals surface area contributed by atoms with Crippen LogP contribution < -0.4 is 10.4 Å². The molecule has 0 aliphatic heterocycles. The van der Waals surface area contributed by atoms with Gasteiger partial charge < -0.3 is 9.84 Å². The molecule has 1 atom stereocenters. The second-order valence-corrected chi connectivity index (χ2v) is 5.46. The molecular formula is C14H14ClF2N3O4. The Kier molecular flexibility index (Phi) is 4.93. The normalized spacial score (nSPS) is 12.5. The topological polar surface area (TPSA) is 86.4 Å². The summed E-state index contributed by atoms with van der Waals surface area (Å²) in [5.41, 5.74) is -0.525. The Morgan fingerprint density at radius 3 is 2.50 bits per heavy atom. The maximum Gasteiger partial charge on any atom is 0.355 e. The fourth-order valence-corrected chi connectivity index (χ4v) is 2.33. The fraction of sp³-hybridized carbons (Fsp3) is 0.357. The van der Waals surface area contributed by atoms with Crippen molar-refractivity contribution in [2.45, 2.75) is 33.4 Å². The first kappa shape index (κ1) is 17.9. The predicted octanol–water partition coefficient (Wildman–Crippen LogP) is 2.55. The monoisotopic (exact) mass is 361 g/mol. The minimum atomic E-state index is -3.04. The minimum Gasteiger partial charge on any atom is -0.479 e. The summed E-state index contributed by atoms with van der Waals surface area (Å²) in [5.74, 6) is -1.21. The number of carboxylic acids is 1. The summed E-state index contributed by atoms with van der Waals surface area (Å²) in [6.07, 6.45) is -1.14. The Bertz CT molecular complexity index is 847. The third-order valence-electron chi connectivity index (χ3n) is 3.30. The number of rotatable bonds is 5. The zero-order valence-electron chi connectivity index (χ0n) is 13.0. The number of alkyl halides is 2. The second kappa shape index (κ2) is 6.60. The molecule has 2 aromatic rings. The largest absolute Gasteiger partial charge is 0.479 e. The van der Waals surface area contributed by atoms with Crippen LogP contribution in [0.2, 0.25) is 5.02 Å². The number of hydrogen-bond acceptors (Lipinski definition) is 4. The number of carbonyl (C=O) groups is 1. The van der Waals surface area contributed by atoms with Crippen LogP contribution in [0.5, 0.6) is 5.75 Å². The summed E-state index contributed by atoms with van der Waals surface area (Å²) in [4.78, 5) is 23.0. The van der Waals surface area contributed by atoms with Gasteiger partial charge in [0.25, 0.3) is 0 Å². The third kappa shape index (κ3) is 3.25. The molecular weight excluding hydrogens is 348 g/mol. The van der Waals surface area contributed by atoms with Crippen molar-refractivity contribution in [1.29, 1.82) is 0 Å². The van der Waals surface area contributed by atoms with Crippen LogP contribution in [-0.2, 0) is 4.79 Å². The van der Waals surface area contributed by atoms with E-state index in [0.717, 1.165) is 4.68 Å². The standard InChI is InChI=1S/C14H14ClF2N3O4/c1-6-4-9(15)10(5-11(6)24-7(2)12(21)22)20-14(23)19(13(16)17)8(3)18-20/h4-5,7,13H,1-3H3,(H,21,22). The van der Waals surface area contributed by atoms with E-state index in [2.05, 4.69) is 5.10 Å². The molecule has 0 fully saturated rings. The van der Waals surface area contributed by atoms with Gasteiger partial charge in [-0.1, -0.05) is 11.6 Å². The molecule has 0 saturated heterocycles. The molecule has 2 rings (SSSR count). The highest BCUT2D eigenvalue weighted by Crippen LogP contribution is 2.29. The number of aliphatic carboxylic acids is 1. The van der Waals surface area contributed by atoms with Crippen molar-refractivity contribution in [3.8, 4) is 11.4 Å². The van der Waals surface area contributed by atoms with E-state index in [4.69, 9.17) is 21.4 Å². The lowest BCUT2D eigenvalue weighted by Crippen LogP contribution is -2.25. The van der Waals surface area contributed by atoms with Crippen LogP contribution in [-0.4, -0.2) is 31.5 Å². The van der Waals surface area contributed by atoms with Crippen LogP contribution in [0, 0.1) is 13.8 Å². The molecule has 0 aliphatic rings. The highest BCUT2D eigenvalue weighted by atomic mass is 35.5. The molecule has 10 heteroatoms.